The van der Waals surface area contributed by atoms with Gasteiger partial charge in [-0.25, -0.2) is 0 Å². The highest BCUT2D eigenvalue weighted by molar-refractivity contribution is 5.88. The maximum Gasteiger partial charge on any atom is 0.0853 e. The first-order chi connectivity index (χ1) is 22.7. The minimum atomic E-state index is -0.312. The van der Waals surface area contributed by atoms with Gasteiger partial charge in [0.15, 0.2) is 0 Å². The largest absolute Gasteiger partial charge is 0.372 e. The minimum absolute atomic E-state index is 0.312. The van der Waals surface area contributed by atoms with Gasteiger partial charge in [-0.05, 0) is 80.9 Å². The number of rotatable bonds is 7. The Bertz CT molecular complexity index is 1980. The summed E-state index contributed by atoms with van der Waals surface area (Å²) in [5.74, 6) is 0. The summed E-state index contributed by atoms with van der Waals surface area (Å²) in [5, 5.41) is 12.9. The van der Waals surface area contributed by atoms with Crippen molar-refractivity contribution >= 4 is 32.9 Å². The molecule has 2 heteroatoms. The third-order valence-electron chi connectivity index (χ3n) is 9.51. The molecule has 0 saturated heterocycles. The summed E-state index contributed by atoms with van der Waals surface area (Å²) in [5.41, 5.74) is 6.55. The van der Waals surface area contributed by atoms with Crippen molar-refractivity contribution < 1.29 is 0 Å². The molecule has 0 spiro atoms. The number of allylic oxidation sites excluding steroid dienone is 4. The predicted molar refractivity (Wildman–Crippen MR) is 196 cm³/mol. The molecule has 2 aliphatic rings. The van der Waals surface area contributed by atoms with Crippen molar-refractivity contribution in [3.05, 3.63) is 193 Å². The maximum absolute atomic E-state index is 3.91. The molecule has 0 heterocycles. The first kappa shape index (κ1) is 27.9. The molecule has 2 nitrogen and oxygen atoms in total. The zero-order chi connectivity index (χ0) is 30.8. The highest BCUT2D eigenvalue weighted by atomic mass is 15.0. The van der Waals surface area contributed by atoms with Crippen molar-refractivity contribution in [2.24, 2.45) is 0 Å². The third kappa shape index (κ3) is 5.12. The zero-order valence-electron chi connectivity index (χ0n) is 25.7. The van der Waals surface area contributed by atoms with Crippen molar-refractivity contribution in [3.63, 3.8) is 0 Å². The highest BCUT2D eigenvalue weighted by Gasteiger charge is 2.32. The van der Waals surface area contributed by atoms with Gasteiger partial charge in [0.25, 0.3) is 0 Å². The van der Waals surface area contributed by atoms with E-state index in [9.17, 15) is 0 Å². The van der Waals surface area contributed by atoms with E-state index in [2.05, 4.69) is 193 Å². The molecular weight excluding hydrogens is 556 g/mol. The van der Waals surface area contributed by atoms with Crippen LogP contribution in [-0.2, 0) is 11.1 Å². The van der Waals surface area contributed by atoms with E-state index in [1.165, 1.54) is 43.8 Å². The molecule has 6 aromatic carbocycles. The average Bonchev–Trinajstić information content (AvgIpc) is 3.12. The molecule has 46 heavy (non-hydrogen) atoms. The molecule has 222 valence electrons. The van der Waals surface area contributed by atoms with Gasteiger partial charge in [0.2, 0.25) is 0 Å². The van der Waals surface area contributed by atoms with Gasteiger partial charge >= 0.3 is 0 Å². The van der Waals surface area contributed by atoms with Crippen LogP contribution in [0, 0.1) is 0 Å². The van der Waals surface area contributed by atoms with E-state index in [4.69, 9.17) is 0 Å². The molecule has 0 saturated carbocycles. The molecular formula is C44H36N2. The fraction of sp³-hybridized carbons (Fsp3) is 0.0909. The maximum atomic E-state index is 3.91. The summed E-state index contributed by atoms with van der Waals surface area (Å²) < 4.78 is 0. The smallest absolute Gasteiger partial charge is 0.0853 e. The Kier molecular flexibility index (Phi) is 7.11. The fourth-order valence-corrected chi connectivity index (χ4v) is 7.20. The highest BCUT2D eigenvalue weighted by Crippen LogP contribution is 2.40. The lowest BCUT2D eigenvalue weighted by molar-refractivity contribution is 0.623. The van der Waals surface area contributed by atoms with Crippen LogP contribution in [0.4, 0.5) is 11.4 Å². The molecule has 2 aliphatic carbocycles. The Hall–Kier alpha value is -5.60. The van der Waals surface area contributed by atoms with Gasteiger partial charge in [0.05, 0.1) is 11.1 Å². The van der Waals surface area contributed by atoms with Gasteiger partial charge in [0.1, 0.15) is 0 Å². The van der Waals surface area contributed by atoms with Crippen LogP contribution in [0.5, 0.6) is 0 Å². The van der Waals surface area contributed by atoms with E-state index in [0.29, 0.717) is 0 Å². The van der Waals surface area contributed by atoms with Crippen molar-refractivity contribution in [1.82, 2.24) is 0 Å². The first-order valence-electron chi connectivity index (χ1n) is 16.1. The quantitative estimate of drug-likeness (QED) is 0.193. The van der Waals surface area contributed by atoms with E-state index in [-0.39, 0.29) is 11.1 Å². The van der Waals surface area contributed by atoms with E-state index < -0.39 is 0 Å². The van der Waals surface area contributed by atoms with Gasteiger partial charge in [-0.2, -0.15) is 0 Å². The topological polar surface area (TPSA) is 24.1 Å². The van der Waals surface area contributed by atoms with Gasteiger partial charge in [-0.3, -0.25) is 0 Å². The Morgan fingerprint density at radius 2 is 0.804 bits per heavy atom. The Balaban J connectivity index is 1.05. The summed E-state index contributed by atoms with van der Waals surface area (Å²) in [4.78, 5) is 0. The van der Waals surface area contributed by atoms with Crippen LogP contribution in [0.1, 0.15) is 24.0 Å². The molecule has 0 aliphatic heterocycles. The number of benzene rings is 6. The normalized spacial score (nSPS) is 20.3. The van der Waals surface area contributed by atoms with Crippen LogP contribution in [0.3, 0.4) is 0 Å². The number of hydrogen-bond donors (Lipinski definition) is 2. The second-order valence-corrected chi connectivity index (χ2v) is 12.4. The molecule has 8 rings (SSSR count). The molecule has 2 N–H and O–H groups in total. The van der Waals surface area contributed by atoms with Crippen molar-refractivity contribution in [3.8, 4) is 11.1 Å². The molecule has 0 amide bonds. The standard InChI is InChI=1S/C44H36N2/c1-7-29-43(30-8-1,41-19-11-15-35-13-3-5-17-39(35)41)45-37-25-21-33(22-26-37)34-23-27-38(28-24-34)46-44(31-9-2-10-32-44)42-20-12-16-36-14-4-6-18-40(36)42/h1-29,31,45-46H,30,32H2. The second-order valence-electron chi connectivity index (χ2n) is 12.4. The summed E-state index contributed by atoms with van der Waals surface area (Å²) in [6.45, 7) is 0. The van der Waals surface area contributed by atoms with Crippen LogP contribution in [0.25, 0.3) is 32.7 Å². The number of fused-ring (bicyclic) bond motifs is 2. The summed E-state index contributed by atoms with van der Waals surface area (Å²) in [6.07, 6.45) is 19.5. The van der Waals surface area contributed by atoms with E-state index in [0.717, 1.165) is 24.2 Å². The van der Waals surface area contributed by atoms with E-state index >= 15 is 0 Å². The van der Waals surface area contributed by atoms with Gasteiger partial charge < -0.3 is 10.6 Å². The lowest BCUT2D eigenvalue weighted by atomic mass is 9.81. The van der Waals surface area contributed by atoms with Crippen molar-refractivity contribution in [2.75, 3.05) is 10.6 Å². The van der Waals surface area contributed by atoms with Crippen molar-refractivity contribution in [2.45, 2.75) is 23.9 Å². The number of nitrogens with one attached hydrogen (secondary N) is 2. The minimum Gasteiger partial charge on any atom is -0.372 e. The summed E-state index contributed by atoms with van der Waals surface area (Å²) in [6, 6.07) is 48.2. The molecule has 2 atom stereocenters. The number of anilines is 2. The SMILES string of the molecule is C1=CCC(Nc2ccc(-c3ccc(NC4(c5cccc6ccccc56)C=CC=CC4)cc3)cc2)(c2cccc3ccccc23)C=C1. The molecule has 0 bridgehead atoms. The Morgan fingerprint density at radius 3 is 1.22 bits per heavy atom. The summed E-state index contributed by atoms with van der Waals surface area (Å²) >= 11 is 0. The molecule has 0 fully saturated rings. The van der Waals surface area contributed by atoms with E-state index in [1.54, 1.807) is 0 Å². The lowest BCUT2D eigenvalue weighted by Crippen LogP contribution is -2.34. The predicted octanol–water partition coefficient (Wildman–Crippen LogP) is 11.3. The van der Waals surface area contributed by atoms with Crippen LogP contribution in [0.15, 0.2) is 182 Å². The molecule has 0 radical (unpaired) electrons. The third-order valence-corrected chi connectivity index (χ3v) is 9.51. The Labute approximate surface area is 271 Å². The van der Waals surface area contributed by atoms with Crippen molar-refractivity contribution in [1.29, 1.82) is 0 Å². The van der Waals surface area contributed by atoms with Gasteiger partial charge in [0, 0.05) is 11.4 Å². The average molecular weight is 593 g/mol. The zero-order valence-corrected chi connectivity index (χ0v) is 25.7. The van der Waals surface area contributed by atoms with Crippen LogP contribution in [0.2, 0.25) is 0 Å². The second kappa shape index (κ2) is 11.7. The molecule has 6 aromatic rings. The van der Waals surface area contributed by atoms with Gasteiger partial charge in [-0.1, -0.05) is 158 Å². The monoisotopic (exact) mass is 592 g/mol. The van der Waals surface area contributed by atoms with Crippen LogP contribution in [-0.4, -0.2) is 0 Å². The van der Waals surface area contributed by atoms with Gasteiger partial charge in [-0.15, -0.1) is 0 Å². The number of hydrogen-bond acceptors (Lipinski definition) is 2. The first-order valence-corrected chi connectivity index (χ1v) is 16.1. The molecule has 0 aromatic heterocycles. The van der Waals surface area contributed by atoms with Crippen LogP contribution < -0.4 is 10.6 Å². The molecule has 2 unspecified atom stereocenters. The lowest BCUT2D eigenvalue weighted by Gasteiger charge is -2.35. The Morgan fingerprint density at radius 1 is 0.391 bits per heavy atom. The van der Waals surface area contributed by atoms with E-state index in [1.807, 2.05) is 0 Å². The summed E-state index contributed by atoms with van der Waals surface area (Å²) in [7, 11) is 0. The van der Waals surface area contributed by atoms with Crippen LogP contribution >= 0.6 is 0 Å². The fourth-order valence-electron chi connectivity index (χ4n) is 7.20.